The maximum Gasteiger partial charge on any atom is 0.0419 e. The monoisotopic (exact) mass is 309 g/mol. The Balaban J connectivity index is 2.25. The zero-order chi connectivity index (χ0) is 16.6. The molecule has 0 heterocycles. The molecule has 3 heteroatoms. The van der Waals surface area contributed by atoms with E-state index in [0.29, 0.717) is 17.8 Å². The van der Waals surface area contributed by atoms with Gasteiger partial charge in [-0.15, -0.1) is 0 Å². The second kappa shape index (κ2) is 6.25. The van der Waals surface area contributed by atoms with Gasteiger partial charge in [0.25, 0.3) is 0 Å². The average molecular weight is 309 g/mol. The van der Waals surface area contributed by atoms with E-state index in [-0.39, 0.29) is 6.04 Å². The maximum atomic E-state index is 6.28. The summed E-state index contributed by atoms with van der Waals surface area (Å²) in [5.41, 5.74) is 24.1. The highest BCUT2D eigenvalue weighted by atomic mass is 14.6. The summed E-state index contributed by atoms with van der Waals surface area (Å²) >= 11 is 0. The number of hydrogen-bond donors (Lipinski definition) is 3. The summed E-state index contributed by atoms with van der Waals surface area (Å²) in [6.07, 6.45) is 16.8. The van der Waals surface area contributed by atoms with Crippen LogP contribution in [0.2, 0.25) is 0 Å². The van der Waals surface area contributed by atoms with E-state index in [2.05, 4.69) is 56.4 Å². The number of allylic oxidation sites excluding steroid dienone is 8. The molecule has 122 valence electrons. The maximum absolute atomic E-state index is 6.28. The third-order valence-corrected chi connectivity index (χ3v) is 5.11. The van der Waals surface area contributed by atoms with Crippen molar-refractivity contribution in [3.8, 4) is 0 Å². The Morgan fingerprint density at radius 3 is 2.09 bits per heavy atom. The highest BCUT2D eigenvalue weighted by Crippen LogP contribution is 2.37. The van der Waals surface area contributed by atoms with Crippen LogP contribution in [-0.2, 0) is 0 Å². The van der Waals surface area contributed by atoms with Gasteiger partial charge in [-0.25, -0.2) is 0 Å². The van der Waals surface area contributed by atoms with E-state index in [1.165, 1.54) is 16.7 Å². The molecule has 3 aliphatic carbocycles. The van der Waals surface area contributed by atoms with Crippen molar-refractivity contribution in [2.75, 3.05) is 0 Å². The molecule has 0 aromatic rings. The van der Waals surface area contributed by atoms with Crippen molar-refractivity contribution in [3.63, 3.8) is 0 Å². The van der Waals surface area contributed by atoms with E-state index < -0.39 is 0 Å². The van der Waals surface area contributed by atoms with Crippen LogP contribution in [0.1, 0.15) is 26.7 Å². The van der Waals surface area contributed by atoms with Crippen LogP contribution in [-0.4, -0.2) is 6.04 Å². The van der Waals surface area contributed by atoms with Crippen molar-refractivity contribution in [1.82, 2.24) is 0 Å². The van der Waals surface area contributed by atoms with Gasteiger partial charge in [0.2, 0.25) is 0 Å². The van der Waals surface area contributed by atoms with Crippen LogP contribution < -0.4 is 17.2 Å². The molecule has 6 N–H and O–H groups in total. The quantitative estimate of drug-likeness (QED) is 0.643. The molecule has 3 rings (SSSR count). The van der Waals surface area contributed by atoms with E-state index in [1.54, 1.807) is 0 Å². The highest BCUT2D eigenvalue weighted by Gasteiger charge is 2.25. The van der Waals surface area contributed by atoms with Gasteiger partial charge in [-0.05, 0) is 71.6 Å². The molecule has 4 atom stereocenters. The van der Waals surface area contributed by atoms with Gasteiger partial charge >= 0.3 is 0 Å². The largest absolute Gasteiger partial charge is 0.399 e. The Kier molecular flexibility index (Phi) is 4.31. The lowest BCUT2D eigenvalue weighted by atomic mass is 9.76. The number of fused-ring (bicyclic) bond motifs is 4. The Bertz CT molecular complexity index is 673. The fourth-order valence-electron chi connectivity index (χ4n) is 3.83. The normalized spacial score (nSPS) is 40.9. The Hall–Kier alpha value is -2.00. The molecule has 0 spiro atoms. The molecule has 0 aromatic carbocycles. The Morgan fingerprint density at radius 2 is 1.39 bits per heavy atom. The fraction of sp³-hybridized carbons (Fsp3) is 0.400. The molecule has 0 fully saturated rings. The lowest BCUT2D eigenvalue weighted by Crippen LogP contribution is -2.19. The zero-order valence-corrected chi connectivity index (χ0v) is 14.0. The van der Waals surface area contributed by atoms with E-state index in [0.717, 1.165) is 24.2 Å². The first kappa shape index (κ1) is 15.9. The number of rotatable bonds is 0. The third-order valence-electron chi connectivity index (χ3n) is 5.11. The second-order valence-corrected chi connectivity index (χ2v) is 7.15. The van der Waals surface area contributed by atoms with Gasteiger partial charge in [0, 0.05) is 17.4 Å². The standard InChI is InChI=1S/C20H27N3/c1-12-5-16-6-13(2)15-8-18(21)4-3-14(12)7-19(22)10-17(16)11-20(23)9-15/h3-4,7-13,16,18H,5-6,21-23H2,1-2H3/b4-3?,14-7+,15-8?,17-11-,19-10-,20-9?. The van der Waals surface area contributed by atoms with Crippen LogP contribution in [0.15, 0.2) is 70.6 Å². The molecule has 3 nitrogen and oxygen atoms in total. The lowest BCUT2D eigenvalue weighted by molar-refractivity contribution is 0.410. The molecule has 3 bridgehead atoms. The van der Waals surface area contributed by atoms with Crippen molar-refractivity contribution in [1.29, 1.82) is 0 Å². The first-order chi connectivity index (χ1) is 10.9. The van der Waals surface area contributed by atoms with Crippen molar-refractivity contribution in [2.45, 2.75) is 32.7 Å². The summed E-state index contributed by atoms with van der Waals surface area (Å²) in [5, 5.41) is 0. The predicted octanol–water partition coefficient (Wildman–Crippen LogP) is 3.04. The third kappa shape index (κ3) is 3.50. The van der Waals surface area contributed by atoms with Crippen LogP contribution >= 0.6 is 0 Å². The summed E-state index contributed by atoms with van der Waals surface area (Å²) in [6.45, 7) is 4.53. The molecule has 3 aliphatic rings. The first-order valence-corrected chi connectivity index (χ1v) is 8.45. The summed E-state index contributed by atoms with van der Waals surface area (Å²) in [6, 6.07) is -0.113. The van der Waals surface area contributed by atoms with Gasteiger partial charge in [0.05, 0.1) is 0 Å². The summed E-state index contributed by atoms with van der Waals surface area (Å²) < 4.78 is 0. The predicted molar refractivity (Wildman–Crippen MR) is 97.0 cm³/mol. The first-order valence-electron chi connectivity index (χ1n) is 8.45. The van der Waals surface area contributed by atoms with Gasteiger partial charge in [0.1, 0.15) is 0 Å². The van der Waals surface area contributed by atoms with E-state index >= 15 is 0 Å². The van der Waals surface area contributed by atoms with E-state index in [4.69, 9.17) is 17.2 Å². The zero-order valence-electron chi connectivity index (χ0n) is 14.0. The van der Waals surface area contributed by atoms with Crippen LogP contribution in [0.4, 0.5) is 0 Å². The topological polar surface area (TPSA) is 78.1 Å². The molecule has 0 amide bonds. The Morgan fingerprint density at radius 1 is 0.826 bits per heavy atom. The van der Waals surface area contributed by atoms with Crippen molar-refractivity contribution in [3.05, 3.63) is 70.6 Å². The van der Waals surface area contributed by atoms with Crippen molar-refractivity contribution >= 4 is 0 Å². The second-order valence-electron chi connectivity index (χ2n) is 7.15. The number of nitrogens with two attached hydrogens (primary N) is 3. The lowest BCUT2D eigenvalue weighted by Gasteiger charge is -2.29. The molecule has 0 radical (unpaired) electrons. The van der Waals surface area contributed by atoms with E-state index in [1.807, 2.05) is 0 Å². The van der Waals surface area contributed by atoms with Gasteiger partial charge in [0.15, 0.2) is 0 Å². The minimum Gasteiger partial charge on any atom is -0.399 e. The molecule has 4 unspecified atom stereocenters. The van der Waals surface area contributed by atoms with E-state index in [9.17, 15) is 0 Å². The average Bonchev–Trinajstić information content (AvgIpc) is 2.47. The molecule has 0 aliphatic heterocycles. The van der Waals surface area contributed by atoms with Crippen LogP contribution in [0.3, 0.4) is 0 Å². The molecule has 0 aromatic heterocycles. The molecule has 0 saturated carbocycles. The van der Waals surface area contributed by atoms with Crippen molar-refractivity contribution in [2.24, 2.45) is 35.0 Å². The fourth-order valence-corrected chi connectivity index (χ4v) is 3.83. The van der Waals surface area contributed by atoms with Gasteiger partial charge in [-0.2, -0.15) is 0 Å². The summed E-state index contributed by atoms with van der Waals surface area (Å²) in [4.78, 5) is 0. The minimum atomic E-state index is -0.113. The van der Waals surface area contributed by atoms with Gasteiger partial charge < -0.3 is 17.2 Å². The van der Waals surface area contributed by atoms with Crippen LogP contribution in [0.25, 0.3) is 0 Å². The molecular formula is C20H27N3. The van der Waals surface area contributed by atoms with Gasteiger partial charge in [-0.1, -0.05) is 32.1 Å². The molecule has 0 saturated heterocycles. The Labute approximate surface area is 139 Å². The highest BCUT2D eigenvalue weighted by molar-refractivity contribution is 5.44. The van der Waals surface area contributed by atoms with Crippen LogP contribution in [0.5, 0.6) is 0 Å². The molecular weight excluding hydrogens is 282 g/mol. The summed E-state index contributed by atoms with van der Waals surface area (Å²) in [5.74, 6) is 1.33. The van der Waals surface area contributed by atoms with Gasteiger partial charge in [-0.3, -0.25) is 0 Å². The number of hydrogen-bond acceptors (Lipinski definition) is 3. The minimum absolute atomic E-state index is 0.113. The summed E-state index contributed by atoms with van der Waals surface area (Å²) in [7, 11) is 0. The van der Waals surface area contributed by atoms with Crippen molar-refractivity contribution < 1.29 is 0 Å². The smallest absolute Gasteiger partial charge is 0.0419 e. The SMILES string of the molecule is CC1CC2CC(C)/C3=C/C(N)=C/C2=C/C(N)=CC1=CC(N)C=C3. The molecule has 23 heavy (non-hydrogen) atoms. The van der Waals surface area contributed by atoms with Crippen LogP contribution in [0, 0.1) is 17.8 Å².